The molecule has 1 saturated heterocycles. The molecular formula is C24H26ClN5O. The Bertz CT molecular complexity index is 1120. The number of carbonyl (C=O) groups excluding carboxylic acids is 1. The second-order valence-corrected chi connectivity index (χ2v) is 8.94. The summed E-state index contributed by atoms with van der Waals surface area (Å²) in [5.41, 5.74) is 5.00. The number of benzene rings is 1. The Morgan fingerprint density at radius 1 is 1.13 bits per heavy atom. The fourth-order valence-corrected chi connectivity index (χ4v) is 4.85. The van der Waals surface area contributed by atoms with Crippen molar-refractivity contribution in [2.75, 3.05) is 29.4 Å². The van der Waals surface area contributed by atoms with Crippen molar-refractivity contribution in [3.05, 3.63) is 58.6 Å². The molecule has 7 heteroatoms. The highest BCUT2D eigenvalue weighted by atomic mass is 35.5. The molecule has 1 N–H and O–H groups in total. The Morgan fingerprint density at radius 3 is 2.68 bits per heavy atom. The van der Waals surface area contributed by atoms with E-state index in [1.54, 1.807) is 0 Å². The number of nitrogens with one attached hydrogen (secondary N) is 1. The van der Waals surface area contributed by atoms with Gasteiger partial charge >= 0.3 is 0 Å². The summed E-state index contributed by atoms with van der Waals surface area (Å²) < 4.78 is 0. The van der Waals surface area contributed by atoms with Gasteiger partial charge in [0.2, 0.25) is 5.91 Å². The number of amides is 1. The Labute approximate surface area is 187 Å². The molecule has 1 fully saturated rings. The van der Waals surface area contributed by atoms with Crippen molar-refractivity contribution < 1.29 is 4.79 Å². The number of H-pyrrole nitrogens is 1. The molecule has 0 saturated carbocycles. The number of aromatic amines is 1. The number of rotatable bonds is 2. The lowest BCUT2D eigenvalue weighted by molar-refractivity contribution is -0.123. The number of fused-ring (bicyclic) bond motifs is 3. The molecule has 0 bridgehead atoms. The number of imidazole rings is 1. The summed E-state index contributed by atoms with van der Waals surface area (Å²) in [7, 11) is 0. The Kier molecular flexibility index (Phi) is 5.18. The molecule has 6 nitrogen and oxygen atoms in total. The molecule has 3 aromatic rings. The van der Waals surface area contributed by atoms with E-state index in [1.807, 2.05) is 43.1 Å². The lowest BCUT2D eigenvalue weighted by Gasteiger charge is -2.35. The number of carbonyl (C=O) groups is 1. The van der Waals surface area contributed by atoms with Gasteiger partial charge in [0.05, 0.1) is 17.1 Å². The van der Waals surface area contributed by atoms with Crippen LogP contribution in [-0.2, 0) is 11.2 Å². The summed E-state index contributed by atoms with van der Waals surface area (Å²) in [6.45, 7) is 6.31. The Morgan fingerprint density at radius 2 is 1.94 bits per heavy atom. The predicted molar refractivity (Wildman–Crippen MR) is 124 cm³/mol. The smallest absolute Gasteiger partial charge is 0.230 e. The zero-order chi connectivity index (χ0) is 21.5. The molecule has 0 spiro atoms. The molecule has 31 heavy (non-hydrogen) atoms. The molecule has 2 aliphatic rings. The van der Waals surface area contributed by atoms with E-state index in [2.05, 4.69) is 32.0 Å². The van der Waals surface area contributed by atoms with E-state index in [4.69, 9.17) is 11.6 Å². The van der Waals surface area contributed by atoms with Crippen LogP contribution in [0.2, 0.25) is 5.02 Å². The molecule has 2 aromatic heterocycles. The monoisotopic (exact) mass is 435 g/mol. The van der Waals surface area contributed by atoms with Crippen molar-refractivity contribution in [2.45, 2.75) is 33.1 Å². The van der Waals surface area contributed by atoms with Crippen LogP contribution < -0.4 is 9.80 Å². The molecule has 5 rings (SSSR count). The SMILES string of the molecule is Cc1ccc(N2CCC(C(=O)N3CCc4nc(C)[nH]c4-c4cc(Cl)ccc43)CC2)nc1. The van der Waals surface area contributed by atoms with E-state index >= 15 is 0 Å². The lowest BCUT2D eigenvalue weighted by atomic mass is 9.94. The van der Waals surface area contributed by atoms with Crippen LogP contribution in [0.5, 0.6) is 0 Å². The number of pyridine rings is 1. The third-order valence-corrected chi connectivity index (χ3v) is 6.55. The molecule has 0 atom stereocenters. The van der Waals surface area contributed by atoms with E-state index in [9.17, 15) is 4.79 Å². The van der Waals surface area contributed by atoms with Crippen LogP contribution in [0.4, 0.5) is 11.5 Å². The van der Waals surface area contributed by atoms with Gasteiger partial charge < -0.3 is 14.8 Å². The van der Waals surface area contributed by atoms with E-state index in [0.29, 0.717) is 11.6 Å². The van der Waals surface area contributed by atoms with Crippen molar-refractivity contribution in [1.29, 1.82) is 0 Å². The van der Waals surface area contributed by atoms with Crippen molar-refractivity contribution in [1.82, 2.24) is 15.0 Å². The van der Waals surface area contributed by atoms with Crippen molar-refractivity contribution >= 4 is 29.0 Å². The first kappa shape index (κ1) is 20.1. The van der Waals surface area contributed by atoms with Gasteiger partial charge in [0.15, 0.2) is 0 Å². The minimum absolute atomic E-state index is 0.0105. The minimum Gasteiger partial charge on any atom is -0.357 e. The zero-order valence-corrected chi connectivity index (χ0v) is 18.6. The molecule has 0 aliphatic carbocycles. The van der Waals surface area contributed by atoms with Crippen LogP contribution >= 0.6 is 11.6 Å². The quantitative estimate of drug-likeness (QED) is 0.641. The lowest BCUT2D eigenvalue weighted by Crippen LogP contribution is -2.43. The highest BCUT2D eigenvalue weighted by Crippen LogP contribution is 2.38. The van der Waals surface area contributed by atoms with Gasteiger partial charge in [-0.05, 0) is 56.5 Å². The molecule has 4 heterocycles. The van der Waals surface area contributed by atoms with Crippen LogP contribution in [0.1, 0.15) is 29.9 Å². The normalized spacial score (nSPS) is 16.6. The molecule has 1 amide bonds. The molecule has 1 aromatic carbocycles. The van der Waals surface area contributed by atoms with E-state index < -0.39 is 0 Å². The highest BCUT2D eigenvalue weighted by Gasteiger charge is 2.33. The van der Waals surface area contributed by atoms with Crippen LogP contribution in [-0.4, -0.2) is 40.5 Å². The van der Waals surface area contributed by atoms with Gasteiger partial charge in [-0.15, -0.1) is 0 Å². The largest absolute Gasteiger partial charge is 0.357 e. The first-order valence-electron chi connectivity index (χ1n) is 10.8. The van der Waals surface area contributed by atoms with Gasteiger partial charge in [-0.25, -0.2) is 9.97 Å². The van der Waals surface area contributed by atoms with Crippen molar-refractivity contribution in [3.8, 4) is 11.3 Å². The van der Waals surface area contributed by atoms with Gasteiger partial charge in [-0.1, -0.05) is 17.7 Å². The molecule has 0 radical (unpaired) electrons. The summed E-state index contributed by atoms with van der Waals surface area (Å²) >= 11 is 6.31. The van der Waals surface area contributed by atoms with Gasteiger partial charge in [0, 0.05) is 48.8 Å². The Hall–Kier alpha value is -2.86. The summed E-state index contributed by atoms with van der Waals surface area (Å²) in [6.07, 6.45) is 4.28. The third kappa shape index (κ3) is 3.81. The topological polar surface area (TPSA) is 65.1 Å². The van der Waals surface area contributed by atoms with E-state index in [0.717, 1.165) is 72.2 Å². The van der Waals surface area contributed by atoms with Crippen LogP contribution in [0.15, 0.2) is 36.5 Å². The fourth-order valence-electron chi connectivity index (χ4n) is 4.68. The van der Waals surface area contributed by atoms with Crippen LogP contribution in [0.3, 0.4) is 0 Å². The van der Waals surface area contributed by atoms with Crippen LogP contribution in [0.25, 0.3) is 11.3 Å². The maximum absolute atomic E-state index is 13.6. The number of halogens is 1. The van der Waals surface area contributed by atoms with E-state index in [1.165, 1.54) is 0 Å². The first-order valence-corrected chi connectivity index (χ1v) is 11.2. The van der Waals surface area contributed by atoms with Crippen molar-refractivity contribution in [3.63, 3.8) is 0 Å². The number of hydrogen-bond donors (Lipinski definition) is 1. The standard InChI is InChI=1S/C24H26ClN5O/c1-15-3-6-22(26-14-15)29-10-7-17(8-11-29)24(31)30-12-9-20-23(28-16(2)27-20)19-13-18(25)4-5-21(19)30/h3-6,13-14,17H,7-12H2,1-2H3,(H,27,28). The average Bonchev–Trinajstić information content (AvgIpc) is 3.09. The second-order valence-electron chi connectivity index (χ2n) is 8.50. The third-order valence-electron chi connectivity index (χ3n) is 6.32. The maximum Gasteiger partial charge on any atom is 0.230 e. The van der Waals surface area contributed by atoms with Gasteiger partial charge in [-0.3, -0.25) is 4.79 Å². The summed E-state index contributed by atoms with van der Waals surface area (Å²) in [6, 6.07) is 9.91. The second kappa shape index (κ2) is 8.00. The predicted octanol–water partition coefficient (Wildman–Crippen LogP) is 4.55. The molecule has 160 valence electrons. The number of anilines is 2. The highest BCUT2D eigenvalue weighted by molar-refractivity contribution is 6.31. The fraction of sp³-hybridized carbons (Fsp3) is 0.375. The summed E-state index contributed by atoms with van der Waals surface area (Å²) in [5.74, 6) is 2.08. The first-order chi connectivity index (χ1) is 15.0. The minimum atomic E-state index is 0.0105. The number of aryl methyl sites for hydroxylation is 2. The van der Waals surface area contributed by atoms with Gasteiger partial charge in [-0.2, -0.15) is 0 Å². The number of piperidine rings is 1. The number of nitrogens with zero attached hydrogens (tertiary/aromatic N) is 4. The molecule has 0 unspecified atom stereocenters. The average molecular weight is 436 g/mol. The molecule has 2 aliphatic heterocycles. The van der Waals surface area contributed by atoms with Gasteiger partial charge in [0.1, 0.15) is 11.6 Å². The number of hydrogen-bond acceptors (Lipinski definition) is 4. The maximum atomic E-state index is 13.6. The van der Waals surface area contributed by atoms with Crippen LogP contribution in [0, 0.1) is 19.8 Å². The molecular weight excluding hydrogens is 410 g/mol. The number of aromatic nitrogens is 3. The Balaban J connectivity index is 1.37. The van der Waals surface area contributed by atoms with Gasteiger partial charge in [0.25, 0.3) is 0 Å². The zero-order valence-electron chi connectivity index (χ0n) is 17.9. The summed E-state index contributed by atoms with van der Waals surface area (Å²) in [5, 5.41) is 0.658. The van der Waals surface area contributed by atoms with E-state index in [-0.39, 0.29) is 11.8 Å². The summed E-state index contributed by atoms with van der Waals surface area (Å²) in [4.78, 5) is 30.4. The van der Waals surface area contributed by atoms with Crippen molar-refractivity contribution in [2.24, 2.45) is 5.92 Å².